The molecule has 0 atom stereocenters. The Labute approximate surface area is 75.3 Å². The molecule has 70 valence electrons. The van der Waals surface area contributed by atoms with E-state index in [0.29, 0.717) is 24.7 Å². The maximum Gasteiger partial charge on any atom is 0.164 e. The maximum absolute atomic E-state index is 13.0. The number of halogens is 1. The van der Waals surface area contributed by atoms with Gasteiger partial charge in [-0.25, -0.2) is 4.39 Å². The van der Waals surface area contributed by atoms with Crippen molar-refractivity contribution < 1.29 is 13.9 Å². The second-order valence-corrected chi connectivity index (χ2v) is 2.87. The lowest BCUT2D eigenvalue weighted by Gasteiger charge is -2.07. The Hall–Kier alpha value is -1.45. The Kier molecular flexibility index (Phi) is 1.96. The maximum atomic E-state index is 13.0. The van der Waals surface area contributed by atoms with E-state index in [0.717, 1.165) is 6.42 Å². The SMILES string of the molecule is Nc1cc2c(cc1F)OCCCO2. The molecule has 0 saturated heterocycles. The monoisotopic (exact) mass is 183 g/mol. The zero-order valence-corrected chi connectivity index (χ0v) is 7.05. The van der Waals surface area contributed by atoms with Gasteiger partial charge in [0.05, 0.1) is 18.9 Å². The lowest BCUT2D eigenvalue weighted by atomic mass is 10.2. The Morgan fingerprint density at radius 2 is 1.77 bits per heavy atom. The second-order valence-electron chi connectivity index (χ2n) is 2.87. The largest absolute Gasteiger partial charge is 0.489 e. The van der Waals surface area contributed by atoms with E-state index in [1.807, 2.05) is 0 Å². The standard InChI is InChI=1S/C9H10FNO2/c10-6-4-8-9(5-7(6)11)13-3-1-2-12-8/h4-5H,1-3,11H2. The summed E-state index contributed by atoms with van der Waals surface area (Å²) in [5.74, 6) is 0.491. The fraction of sp³-hybridized carbons (Fsp3) is 0.333. The minimum Gasteiger partial charge on any atom is -0.489 e. The highest BCUT2D eigenvalue weighted by atomic mass is 19.1. The summed E-state index contributed by atoms with van der Waals surface area (Å²) in [6.07, 6.45) is 0.802. The van der Waals surface area contributed by atoms with Crippen molar-refractivity contribution in [2.45, 2.75) is 6.42 Å². The van der Waals surface area contributed by atoms with Gasteiger partial charge in [-0.15, -0.1) is 0 Å². The first-order valence-electron chi connectivity index (χ1n) is 4.12. The Balaban J connectivity index is 2.43. The highest BCUT2D eigenvalue weighted by Gasteiger charge is 2.12. The van der Waals surface area contributed by atoms with Crippen molar-refractivity contribution in [2.75, 3.05) is 18.9 Å². The molecule has 1 aliphatic rings. The van der Waals surface area contributed by atoms with Crippen molar-refractivity contribution in [1.29, 1.82) is 0 Å². The number of nitrogen functional groups attached to an aromatic ring is 1. The molecule has 1 aliphatic heterocycles. The summed E-state index contributed by atoms with van der Waals surface area (Å²) in [5.41, 5.74) is 5.47. The smallest absolute Gasteiger partial charge is 0.164 e. The second kappa shape index (κ2) is 3.12. The molecule has 0 unspecified atom stereocenters. The molecule has 3 nitrogen and oxygen atoms in total. The van der Waals surface area contributed by atoms with Crippen LogP contribution in [0.5, 0.6) is 11.5 Å². The van der Waals surface area contributed by atoms with E-state index in [-0.39, 0.29) is 5.69 Å². The quantitative estimate of drug-likeness (QED) is 0.621. The molecule has 1 heterocycles. The molecule has 2 rings (SSSR count). The van der Waals surface area contributed by atoms with Crippen molar-refractivity contribution >= 4 is 5.69 Å². The number of fused-ring (bicyclic) bond motifs is 1. The topological polar surface area (TPSA) is 44.5 Å². The van der Waals surface area contributed by atoms with Crippen LogP contribution < -0.4 is 15.2 Å². The van der Waals surface area contributed by atoms with E-state index in [9.17, 15) is 4.39 Å². The number of rotatable bonds is 0. The predicted molar refractivity (Wildman–Crippen MR) is 46.4 cm³/mol. The van der Waals surface area contributed by atoms with Crippen molar-refractivity contribution in [3.05, 3.63) is 17.9 Å². The highest BCUT2D eigenvalue weighted by molar-refractivity contribution is 5.53. The van der Waals surface area contributed by atoms with Crippen LogP contribution in [0.25, 0.3) is 0 Å². The van der Waals surface area contributed by atoms with Crippen LogP contribution in [0.4, 0.5) is 10.1 Å². The molecule has 0 saturated carbocycles. The lowest BCUT2D eigenvalue weighted by molar-refractivity contribution is 0.296. The van der Waals surface area contributed by atoms with Gasteiger partial charge < -0.3 is 15.2 Å². The van der Waals surface area contributed by atoms with Crippen LogP contribution in [-0.4, -0.2) is 13.2 Å². The molecule has 0 bridgehead atoms. The first kappa shape index (κ1) is 8.16. The summed E-state index contributed by atoms with van der Waals surface area (Å²) in [6, 6.07) is 2.71. The number of ether oxygens (including phenoxy) is 2. The van der Waals surface area contributed by atoms with Crippen LogP contribution in [0.15, 0.2) is 12.1 Å². The number of anilines is 1. The van der Waals surface area contributed by atoms with E-state index < -0.39 is 5.82 Å². The minimum atomic E-state index is -0.468. The fourth-order valence-electron chi connectivity index (χ4n) is 1.20. The van der Waals surface area contributed by atoms with Gasteiger partial charge in [0.1, 0.15) is 5.82 Å². The highest BCUT2D eigenvalue weighted by Crippen LogP contribution is 2.33. The number of hydrogen-bond donors (Lipinski definition) is 1. The first-order chi connectivity index (χ1) is 6.27. The normalized spacial score (nSPS) is 15.2. The minimum absolute atomic E-state index is 0.0873. The molecule has 2 N–H and O–H groups in total. The zero-order valence-electron chi connectivity index (χ0n) is 7.05. The Morgan fingerprint density at radius 1 is 1.15 bits per heavy atom. The van der Waals surface area contributed by atoms with Crippen molar-refractivity contribution in [3.8, 4) is 11.5 Å². The average Bonchev–Trinajstić information content (AvgIpc) is 2.31. The third kappa shape index (κ3) is 1.52. The van der Waals surface area contributed by atoms with Crippen LogP contribution in [0, 0.1) is 5.82 Å². The Morgan fingerprint density at radius 3 is 2.46 bits per heavy atom. The third-order valence-corrected chi connectivity index (χ3v) is 1.87. The van der Waals surface area contributed by atoms with Gasteiger partial charge in [0.25, 0.3) is 0 Å². The molecule has 0 radical (unpaired) electrons. The summed E-state index contributed by atoms with van der Waals surface area (Å²) in [6.45, 7) is 1.13. The van der Waals surface area contributed by atoms with Crippen molar-refractivity contribution in [3.63, 3.8) is 0 Å². The lowest BCUT2D eigenvalue weighted by Crippen LogP contribution is -1.97. The van der Waals surface area contributed by atoms with Crippen molar-refractivity contribution in [2.24, 2.45) is 0 Å². The molecular weight excluding hydrogens is 173 g/mol. The number of nitrogens with two attached hydrogens (primary N) is 1. The number of hydrogen-bond acceptors (Lipinski definition) is 3. The van der Waals surface area contributed by atoms with Gasteiger partial charge in [0.15, 0.2) is 11.5 Å². The van der Waals surface area contributed by atoms with Gasteiger partial charge in [0.2, 0.25) is 0 Å². The van der Waals surface area contributed by atoms with E-state index in [1.54, 1.807) is 0 Å². The van der Waals surface area contributed by atoms with Crippen LogP contribution in [0.1, 0.15) is 6.42 Å². The van der Waals surface area contributed by atoms with Crippen LogP contribution in [0.2, 0.25) is 0 Å². The molecule has 0 aliphatic carbocycles. The third-order valence-electron chi connectivity index (χ3n) is 1.87. The molecule has 1 aromatic rings. The fourth-order valence-corrected chi connectivity index (χ4v) is 1.20. The van der Waals surface area contributed by atoms with E-state index in [1.165, 1.54) is 12.1 Å². The Bertz CT molecular complexity index is 297. The van der Waals surface area contributed by atoms with Gasteiger partial charge in [0, 0.05) is 18.6 Å². The molecule has 4 heteroatoms. The van der Waals surface area contributed by atoms with E-state index >= 15 is 0 Å². The molecule has 0 aromatic heterocycles. The predicted octanol–water partition coefficient (Wildman–Crippen LogP) is 1.57. The van der Waals surface area contributed by atoms with E-state index in [4.69, 9.17) is 15.2 Å². The van der Waals surface area contributed by atoms with E-state index in [2.05, 4.69) is 0 Å². The van der Waals surface area contributed by atoms with Crippen molar-refractivity contribution in [1.82, 2.24) is 0 Å². The molecule has 0 spiro atoms. The van der Waals surface area contributed by atoms with Crippen LogP contribution in [0.3, 0.4) is 0 Å². The first-order valence-corrected chi connectivity index (χ1v) is 4.12. The molecule has 1 aromatic carbocycles. The zero-order chi connectivity index (χ0) is 9.26. The molecule has 13 heavy (non-hydrogen) atoms. The van der Waals surface area contributed by atoms with Gasteiger partial charge >= 0.3 is 0 Å². The van der Waals surface area contributed by atoms with Gasteiger partial charge in [-0.3, -0.25) is 0 Å². The average molecular weight is 183 g/mol. The summed E-state index contributed by atoms with van der Waals surface area (Å²) in [5, 5.41) is 0. The molecule has 0 amide bonds. The molecular formula is C9H10FNO2. The van der Waals surface area contributed by atoms with Crippen LogP contribution >= 0.6 is 0 Å². The van der Waals surface area contributed by atoms with Gasteiger partial charge in [-0.05, 0) is 0 Å². The number of benzene rings is 1. The summed E-state index contributed by atoms with van der Waals surface area (Å²) in [7, 11) is 0. The van der Waals surface area contributed by atoms with Gasteiger partial charge in [-0.1, -0.05) is 0 Å². The molecule has 0 fully saturated rings. The summed E-state index contributed by atoms with van der Waals surface area (Å²) < 4.78 is 23.6. The van der Waals surface area contributed by atoms with Crippen LogP contribution in [-0.2, 0) is 0 Å². The summed E-state index contributed by atoms with van der Waals surface area (Å²) in [4.78, 5) is 0. The van der Waals surface area contributed by atoms with Gasteiger partial charge in [-0.2, -0.15) is 0 Å². The summed E-state index contributed by atoms with van der Waals surface area (Å²) >= 11 is 0.